The van der Waals surface area contributed by atoms with Crippen LogP contribution in [0.25, 0.3) is 0 Å². The summed E-state index contributed by atoms with van der Waals surface area (Å²) < 4.78 is 9.68. The van der Waals surface area contributed by atoms with E-state index in [2.05, 4.69) is 37.3 Å². The number of carbonyl (C=O) groups excluding carboxylic acids is 1. The predicted molar refractivity (Wildman–Crippen MR) is 85.7 cm³/mol. The second-order valence-corrected chi connectivity index (χ2v) is 5.04. The summed E-state index contributed by atoms with van der Waals surface area (Å²) in [7, 11) is 0. The van der Waals surface area contributed by atoms with Gasteiger partial charge in [-0.3, -0.25) is 0 Å². The fourth-order valence-electron chi connectivity index (χ4n) is 2.10. The van der Waals surface area contributed by atoms with E-state index in [1.807, 2.05) is 18.2 Å². The van der Waals surface area contributed by atoms with Crippen molar-refractivity contribution in [3.8, 4) is 0 Å². The van der Waals surface area contributed by atoms with Crippen LogP contribution in [0.15, 0.2) is 42.5 Å². The molecule has 1 radical (unpaired) electrons. The first-order chi connectivity index (χ1) is 10.7. The summed E-state index contributed by atoms with van der Waals surface area (Å²) in [6.07, 6.45) is 1.27. The molecular weight excluding hydrogens is 276 g/mol. The van der Waals surface area contributed by atoms with E-state index in [4.69, 9.17) is 9.47 Å². The Labute approximate surface area is 131 Å². The fourth-order valence-corrected chi connectivity index (χ4v) is 2.10. The zero-order chi connectivity index (χ0) is 15.8. The van der Waals surface area contributed by atoms with E-state index in [0.29, 0.717) is 6.61 Å². The zero-order valence-electron chi connectivity index (χ0n) is 13.1. The molecule has 2 rings (SSSR count). The molecule has 0 amide bonds. The van der Waals surface area contributed by atoms with Crippen LogP contribution in [0.2, 0.25) is 0 Å². The Morgan fingerprint density at radius 3 is 2.23 bits per heavy atom. The SMILES string of the molecule is CCOC(=O)OCc1c[c]c(Cc2ccc(CC)cc2)cc1. The van der Waals surface area contributed by atoms with Crippen molar-refractivity contribution in [3.63, 3.8) is 0 Å². The summed E-state index contributed by atoms with van der Waals surface area (Å²) in [5.41, 5.74) is 4.63. The van der Waals surface area contributed by atoms with Crippen LogP contribution in [0.5, 0.6) is 0 Å². The molecule has 0 saturated carbocycles. The van der Waals surface area contributed by atoms with Gasteiger partial charge in [-0.2, -0.15) is 0 Å². The van der Waals surface area contributed by atoms with Gasteiger partial charge in [-0.05, 0) is 54.2 Å². The van der Waals surface area contributed by atoms with Crippen LogP contribution >= 0.6 is 0 Å². The van der Waals surface area contributed by atoms with Gasteiger partial charge in [0.05, 0.1) is 6.61 Å². The average Bonchev–Trinajstić information content (AvgIpc) is 2.55. The molecule has 0 heterocycles. The molecular formula is C19H21O3. The minimum atomic E-state index is -0.636. The van der Waals surface area contributed by atoms with E-state index in [1.165, 1.54) is 11.1 Å². The standard InChI is InChI=1S/C19H21O3/c1-3-15-5-7-16(8-6-15)13-17-9-11-18(12-10-17)14-22-19(20)21-4-2/h5-9,11-12H,3-4,13-14H2,1-2H3. The average molecular weight is 297 g/mol. The van der Waals surface area contributed by atoms with Crippen molar-refractivity contribution < 1.29 is 14.3 Å². The van der Waals surface area contributed by atoms with Gasteiger partial charge in [-0.1, -0.05) is 43.3 Å². The summed E-state index contributed by atoms with van der Waals surface area (Å²) in [5, 5.41) is 0. The third-order valence-electron chi connectivity index (χ3n) is 3.39. The third kappa shape index (κ3) is 4.92. The Balaban J connectivity index is 1.89. The maximum atomic E-state index is 11.1. The van der Waals surface area contributed by atoms with Gasteiger partial charge in [0, 0.05) is 0 Å². The summed E-state index contributed by atoms with van der Waals surface area (Å²) >= 11 is 0. The highest BCUT2D eigenvalue weighted by atomic mass is 16.7. The molecule has 0 aromatic heterocycles. The largest absolute Gasteiger partial charge is 0.508 e. The molecule has 3 nitrogen and oxygen atoms in total. The molecule has 115 valence electrons. The predicted octanol–water partition coefficient (Wildman–Crippen LogP) is 4.31. The second kappa shape index (κ2) is 8.23. The molecule has 2 aromatic rings. The molecule has 0 aliphatic heterocycles. The lowest BCUT2D eigenvalue weighted by Crippen LogP contribution is -2.06. The second-order valence-electron chi connectivity index (χ2n) is 5.04. The fraction of sp³-hybridized carbons (Fsp3) is 0.316. The molecule has 0 aliphatic carbocycles. The number of benzene rings is 2. The van der Waals surface area contributed by atoms with Crippen molar-refractivity contribution in [1.29, 1.82) is 0 Å². The van der Waals surface area contributed by atoms with Gasteiger partial charge in [-0.15, -0.1) is 0 Å². The molecule has 0 atom stereocenters. The van der Waals surface area contributed by atoms with Crippen LogP contribution < -0.4 is 0 Å². The number of aryl methyl sites for hydroxylation is 1. The van der Waals surface area contributed by atoms with E-state index in [1.54, 1.807) is 6.92 Å². The minimum absolute atomic E-state index is 0.209. The van der Waals surface area contributed by atoms with Gasteiger partial charge in [0.2, 0.25) is 0 Å². The van der Waals surface area contributed by atoms with Crippen LogP contribution in [0.1, 0.15) is 36.1 Å². The molecule has 0 aliphatic rings. The first kappa shape index (κ1) is 16.1. The zero-order valence-corrected chi connectivity index (χ0v) is 13.1. The summed E-state index contributed by atoms with van der Waals surface area (Å²) in [6.45, 7) is 4.43. The molecule has 0 saturated heterocycles. The molecule has 3 heteroatoms. The highest BCUT2D eigenvalue weighted by molar-refractivity contribution is 5.59. The van der Waals surface area contributed by atoms with E-state index in [0.717, 1.165) is 24.0 Å². The maximum Gasteiger partial charge on any atom is 0.508 e. The molecule has 0 unspecified atom stereocenters. The van der Waals surface area contributed by atoms with Gasteiger partial charge in [0.1, 0.15) is 6.61 Å². The van der Waals surface area contributed by atoms with E-state index >= 15 is 0 Å². The van der Waals surface area contributed by atoms with Crippen molar-refractivity contribution in [3.05, 3.63) is 70.8 Å². The Morgan fingerprint density at radius 1 is 0.955 bits per heavy atom. The molecule has 2 aromatic carbocycles. The molecule has 0 N–H and O–H groups in total. The topological polar surface area (TPSA) is 35.5 Å². The lowest BCUT2D eigenvalue weighted by atomic mass is 10.0. The van der Waals surface area contributed by atoms with Crippen LogP contribution in [0.4, 0.5) is 4.79 Å². The Morgan fingerprint density at radius 2 is 1.64 bits per heavy atom. The van der Waals surface area contributed by atoms with E-state index in [9.17, 15) is 4.79 Å². The number of hydrogen-bond acceptors (Lipinski definition) is 3. The monoisotopic (exact) mass is 297 g/mol. The lowest BCUT2D eigenvalue weighted by Gasteiger charge is -2.06. The Bertz CT molecular complexity index is 585. The highest BCUT2D eigenvalue weighted by Gasteiger charge is 2.03. The third-order valence-corrected chi connectivity index (χ3v) is 3.39. The van der Waals surface area contributed by atoms with Crippen LogP contribution in [0, 0.1) is 6.07 Å². The smallest absolute Gasteiger partial charge is 0.435 e. The quantitative estimate of drug-likeness (QED) is 0.745. The minimum Gasteiger partial charge on any atom is -0.435 e. The van der Waals surface area contributed by atoms with E-state index in [-0.39, 0.29) is 6.61 Å². The normalized spacial score (nSPS) is 10.3. The van der Waals surface area contributed by atoms with E-state index < -0.39 is 6.16 Å². The number of carbonyl (C=O) groups is 1. The van der Waals surface area contributed by atoms with Crippen LogP contribution in [-0.2, 0) is 28.9 Å². The first-order valence-electron chi connectivity index (χ1n) is 7.58. The van der Waals surface area contributed by atoms with Gasteiger partial charge < -0.3 is 9.47 Å². The summed E-state index contributed by atoms with van der Waals surface area (Å²) in [4.78, 5) is 11.1. The summed E-state index contributed by atoms with van der Waals surface area (Å²) in [6, 6.07) is 17.7. The van der Waals surface area contributed by atoms with Gasteiger partial charge in [0.25, 0.3) is 0 Å². The number of ether oxygens (including phenoxy) is 2. The molecule has 0 fully saturated rings. The molecule has 22 heavy (non-hydrogen) atoms. The highest BCUT2D eigenvalue weighted by Crippen LogP contribution is 2.12. The van der Waals surface area contributed by atoms with Gasteiger partial charge >= 0.3 is 6.16 Å². The van der Waals surface area contributed by atoms with Gasteiger partial charge in [-0.25, -0.2) is 4.79 Å². The molecule has 0 bridgehead atoms. The van der Waals surface area contributed by atoms with Gasteiger partial charge in [0.15, 0.2) is 0 Å². The first-order valence-corrected chi connectivity index (χ1v) is 7.58. The van der Waals surface area contributed by atoms with Crippen molar-refractivity contribution in [2.75, 3.05) is 6.61 Å². The van der Waals surface area contributed by atoms with Crippen molar-refractivity contribution in [2.24, 2.45) is 0 Å². The van der Waals surface area contributed by atoms with Crippen molar-refractivity contribution in [2.45, 2.75) is 33.3 Å². The van der Waals surface area contributed by atoms with Crippen molar-refractivity contribution >= 4 is 6.16 Å². The Kier molecular flexibility index (Phi) is 6.01. The Hall–Kier alpha value is -2.29. The summed E-state index contributed by atoms with van der Waals surface area (Å²) in [5.74, 6) is 0. The van der Waals surface area contributed by atoms with Crippen LogP contribution in [0.3, 0.4) is 0 Å². The maximum absolute atomic E-state index is 11.1. The lowest BCUT2D eigenvalue weighted by molar-refractivity contribution is 0.0536. The van der Waals surface area contributed by atoms with Crippen LogP contribution in [-0.4, -0.2) is 12.8 Å². The number of rotatable bonds is 6. The number of hydrogen-bond donors (Lipinski definition) is 0. The molecule has 0 spiro atoms. The van der Waals surface area contributed by atoms with Crippen molar-refractivity contribution in [1.82, 2.24) is 0 Å².